The molecule has 0 radical (unpaired) electrons. The highest BCUT2D eigenvalue weighted by molar-refractivity contribution is 5.37. The minimum atomic E-state index is 0.654. The van der Waals surface area contributed by atoms with Crippen molar-refractivity contribution >= 4 is 5.95 Å². The molecule has 0 unspecified atom stereocenters. The van der Waals surface area contributed by atoms with Gasteiger partial charge < -0.3 is 9.80 Å². The molecule has 0 aromatic carbocycles. The Balaban J connectivity index is 1.86. The first-order valence-electron chi connectivity index (χ1n) is 6.83. The number of anilines is 1. The summed E-state index contributed by atoms with van der Waals surface area (Å²) in [7, 11) is 4.00. The molecule has 1 fully saturated rings. The van der Waals surface area contributed by atoms with E-state index in [0.717, 1.165) is 18.3 Å². The Kier molecular flexibility index (Phi) is 2.77. The Hall–Kier alpha value is -1.16. The highest BCUT2D eigenvalue weighted by Gasteiger charge is 2.41. The predicted octanol–water partition coefficient (Wildman–Crippen LogP) is 1.52. The van der Waals surface area contributed by atoms with Crippen LogP contribution in [0.15, 0.2) is 6.20 Å². The monoisotopic (exact) mass is 246 g/mol. The molecular formula is C14H22N4. The normalized spacial score (nSPS) is 26.5. The van der Waals surface area contributed by atoms with Crippen molar-refractivity contribution in [1.82, 2.24) is 14.9 Å². The van der Waals surface area contributed by atoms with Gasteiger partial charge in [0.05, 0.1) is 0 Å². The van der Waals surface area contributed by atoms with E-state index in [1.54, 1.807) is 0 Å². The molecule has 0 bridgehead atoms. The first kappa shape index (κ1) is 11.9. The van der Waals surface area contributed by atoms with E-state index in [1.165, 1.54) is 24.3 Å². The van der Waals surface area contributed by atoms with Gasteiger partial charge in [-0.2, -0.15) is 0 Å². The van der Waals surface area contributed by atoms with Crippen LogP contribution >= 0.6 is 0 Å². The Morgan fingerprint density at radius 3 is 2.78 bits per heavy atom. The van der Waals surface area contributed by atoms with Crippen LogP contribution in [0, 0.1) is 5.92 Å². The van der Waals surface area contributed by atoms with Gasteiger partial charge in [-0.1, -0.05) is 0 Å². The SMILES string of the molecule is CC(C)N1C[C@H]2Cc3nc(N(C)C)ncc3[C@@H]2C1. The lowest BCUT2D eigenvalue weighted by Gasteiger charge is -2.21. The van der Waals surface area contributed by atoms with Crippen LogP contribution in [-0.2, 0) is 6.42 Å². The minimum absolute atomic E-state index is 0.654. The number of nitrogens with zero attached hydrogens (tertiary/aromatic N) is 4. The third kappa shape index (κ3) is 1.79. The molecule has 18 heavy (non-hydrogen) atoms. The summed E-state index contributed by atoms with van der Waals surface area (Å²) in [5.41, 5.74) is 2.68. The van der Waals surface area contributed by atoms with Crippen molar-refractivity contribution < 1.29 is 0 Å². The second-order valence-electron chi connectivity index (χ2n) is 6.08. The van der Waals surface area contributed by atoms with E-state index >= 15 is 0 Å². The molecule has 0 N–H and O–H groups in total. The zero-order valence-corrected chi connectivity index (χ0v) is 11.7. The summed E-state index contributed by atoms with van der Waals surface area (Å²) in [6.45, 7) is 6.97. The number of hydrogen-bond donors (Lipinski definition) is 0. The fraction of sp³-hybridized carbons (Fsp3) is 0.714. The van der Waals surface area contributed by atoms with Gasteiger partial charge in [0, 0.05) is 51.0 Å². The van der Waals surface area contributed by atoms with Gasteiger partial charge in [0.2, 0.25) is 5.95 Å². The second-order valence-corrected chi connectivity index (χ2v) is 6.08. The third-order valence-corrected chi connectivity index (χ3v) is 4.34. The van der Waals surface area contributed by atoms with Crippen LogP contribution in [0.25, 0.3) is 0 Å². The van der Waals surface area contributed by atoms with Crippen molar-refractivity contribution in [1.29, 1.82) is 0 Å². The lowest BCUT2D eigenvalue weighted by molar-refractivity contribution is 0.262. The summed E-state index contributed by atoms with van der Waals surface area (Å²) < 4.78 is 0. The highest BCUT2D eigenvalue weighted by atomic mass is 15.2. The zero-order chi connectivity index (χ0) is 12.9. The summed E-state index contributed by atoms with van der Waals surface area (Å²) in [4.78, 5) is 13.7. The molecule has 4 heteroatoms. The van der Waals surface area contributed by atoms with Gasteiger partial charge in [0.1, 0.15) is 0 Å². The van der Waals surface area contributed by atoms with E-state index in [9.17, 15) is 0 Å². The third-order valence-electron chi connectivity index (χ3n) is 4.34. The van der Waals surface area contributed by atoms with Crippen molar-refractivity contribution in [3.8, 4) is 0 Å². The molecule has 98 valence electrons. The standard InChI is InChI=1S/C14H22N4/c1-9(2)18-7-10-5-13-11(12(10)8-18)6-15-14(16-13)17(3)4/h6,9-10,12H,5,7-8H2,1-4H3/t10-,12-/m1/s1. The largest absolute Gasteiger partial charge is 0.347 e. The van der Waals surface area contributed by atoms with Gasteiger partial charge in [0.25, 0.3) is 0 Å². The van der Waals surface area contributed by atoms with Crippen LogP contribution in [-0.4, -0.2) is 48.1 Å². The van der Waals surface area contributed by atoms with E-state index in [-0.39, 0.29) is 0 Å². The molecule has 1 aromatic heterocycles. The highest BCUT2D eigenvalue weighted by Crippen LogP contribution is 2.42. The lowest BCUT2D eigenvalue weighted by Crippen LogP contribution is -2.29. The topological polar surface area (TPSA) is 32.3 Å². The summed E-state index contributed by atoms with van der Waals surface area (Å²) in [5.74, 6) is 2.27. The fourth-order valence-corrected chi connectivity index (χ4v) is 3.24. The second kappa shape index (κ2) is 4.19. The summed E-state index contributed by atoms with van der Waals surface area (Å²) in [6, 6.07) is 0.654. The minimum Gasteiger partial charge on any atom is -0.347 e. The predicted molar refractivity (Wildman–Crippen MR) is 73.0 cm³/mol. The number of aromatic nitrogens is 2. The van der Waals surface area contributed by atoms with Gasteiger partial charge in [-0.25, -0.2) is 9.97 Å². The molecule has 0 amide bonds. The zero-order valence-electron chi connectivity index (χ0n) is 11.7. The Labute approximate surface area is 109 Å². The van der Waals surface area contributed by atoms with Crippen LogP contribution in [0.4, 0.5) is 5.95 Å². The molecule has 0 saturated carbocycles. The average molecular weight is 246 g/mol. The van der Waals surface area contributed by atoms with Crippen molar-refractivity contribution in [3.63, 3.8) is 0 Å². The van der Waals surface area contributed by atoms with Crippen molar-refractivity contribution in [2.75, 3.05) is 32.1 Å². The molecular weight excluding hydrogens is 224 g/mol. The summed E-state index contributed by atoms with van der Waals surface area (Å²) in [5, 5.41) is 0. The van der Waals surface area contributed by atoms with Gasteiger partial charge >= 0.3 is 0 Å². The van der Waals surface area contributed by atoms with Gasteiger partial charge in [-0.15, -0.1) is 0 Å². The van der Waals surface area contributed by atoms with Crippen LogP contribution < -0.4 is 4.90 Å². The maximum atomic E-state index is 4.70. The molecule has 1 aliphatic carbocycles. The van der Waals surface area contributed by atoms with Crippen LogP contribution in [0.3, 0.4) is 0 Å². The molecule has 4 nitrogen and oxygen atoms in total. The van der Waals surface area contributed by atoms with Crippen LogP contribution in [0.2, 0.25) is 0 Å². The molecule has 0 spiro atoms. The first-order valence-corrected chi connectivity index (χ1v) is 6.83. The number of rotatable bonds is 2. The molecule has 2 heterocycles. The number of likely N-dealkylation sites (tertiary alicyclic amines) is 1. The molecule has 1 saturated heterocycles. The van der Waals surface area contributed by atoms with Gasteiger partial charge in [-0.3, -0.25) is 0 Å². The Morgan fingerprint density at radius 2 is 2.11 bits per heavy atom. The van der Waals surface area contributed by atoms with E-state index in [2.05, 4.69) is 29.9 Å². The maximum Gasteiger partial charge on any atom is 0.224 e. The van der Waals surface area contributed by atoms with Crippen LogP contribution in [0.1, 0.15) is 31.0 Å². The van der Waals surface area contributed by atoms with E-state index in [0.29, 0.717) is 12.0 Å². The van der Waals surface area contributed by atoms with Gasteiger partial charge in [-0.05, 0) is 31.7 Å². The van der Waals surface area contributed by atoms with E-state index < -0.39 is 0 Å². The lowest BCUT2D eigenvalue weighted by atomic mass is 9.98. The average Bonchev–Trinajstić information content (AvgIpc) is 2.84. The Morgan fingerprint density at radius 1 is 1.33 bits per heavy atom. The molecule has 1 aliphatic heterocycles. The van der Waals surface area contributed by atoms with E-state index in [1.807, 2.05) is 19.0 Å². The van der Waals surface area contributed by atoms with E-state index in [4.69, 9.17) is 4.98 Å². The summed E-state index contributed by atoms with van der Waals surface area (Å²) >= 11 is 0. The smallest absolute Gasteiger partial charge is 0.224 e. The van der Waals surface area contributed by atoms with Gasteiger partial charge in [0.15, 0.2) is 0 Å². The first-order chi connectivity index (χ1) is 8.56. The fourth-order valence-electron chi connectivity index (χ4n) is 3.24. The van der Waals surface area contributed by atoms with Crippen molar-refractivity contribution in [3.05, 3.63) is 17.5 Å². The Bertz CT molecular complexity index is 455. The molecule has 3 rings (SSSR count). The van der Waals surface area contributed by atoms with Crippen molar-refractivity contribution in [2.45, 2.75) is 32.2 Å². The molecule has 2 atom stereocenters. The quantitative estimate of drug-likeness (QED) is 0.792. The summed E-state index contributed by atoms with van der Waals surface area (Å²) in [6.07, 6.45) is 3.19. The molecule has 2 aliphatic rings. The van der Waals surface area contributed by atoms with Crippen molar-refractivity contribution in [2.24, 2.45) is 5.92 Å². The maximum absolute atomic E-state index is 4.70. The molecule has 1 aromatic rings. The number of hydrogen-bond acceptors (Lipinski definition) is 4. The van der Waals surface area contributed by atoms with Crippen LogP contribution in [0.5, 0.6) is 0 Å². The number of fused-ring (bicyclic) bond motifs is 3.